The van der Waals surface area contributed by atoms with Crippen molar-refractivity contribution in [2.24, 2.45) is 5.92 Å². The summed E-state index contributed by atoms with van der Waals surface area (Å²) in [6.07, 6.45) is 5.23. The van der Waals surface area contributed by atoms with Crippen molar-refractivity contribution in [2.75, 3.05) is 13.2 Å². The van der Waals surface area contributed by atoms with Crippen molar-refractivity contribution in [3.8, 4) is 11.8 Å². The molecule has 1 aromatic carbocycles. The highest BCUT2D eigenvalue weighted by molar-refractivity contribution is 5.97. The summed E-state index contributed by atoms with van der Waals surface area (Å²) in [7, 11) is 0. The van der Waals surface area contributed by atoms with Crippen LogP contribution in [0.3, 0.4) is 0 Å². The molecule has 0 radical (unpaired) electrons. The van der Waals surface area contributed by atoms with Gasteiger partial charge in [0.25, 0.3) is 5.91 Å². The summed E-state index contributed by atoms with van der Waals surface area (Å²) in [5, 5.41) is 8.82. The molecule has 0 saturated heterocycles. The largest absolute Gasteiger partial charge is 0.395 e. The molecule has 110 valence electrons. The third-order valence-electron chi connectivity index (χ3n) is 4.02. The van der Waals surface area contributed by atoms with Gasteiger partial charge in [0.05, 0.1) is 12.2 Å². The Bertz CT molecular complexity index is 576. The van der Waals surface area contributed by atoms with Crippen LogP contribution in [0.4, 0.5) is 0 Å². The van der Waals surface area contributed by atoms with Gasteiger partial charge in [-0.3, -0.25) is 4.79 Å². The molecule has 0 unspecified atom stereocenters. The first-order valence-electron chi connectivity index (χ1n) is 7.79. The molecule has 0 aromatic heterocycles. The average molecular weight is 283 g/mol. The van der Waals surface area contributed by atoms with E-state index in [9.17, 15) is 4.79 Å². The molecule has 0 bridgehead atoms. The number of aliphatic hydroxyl groups excluding tert-OH is 1. The first-order chi connectivity index (χ1) is 10.3. The van der Waals surface area contributed by atoms with Crippen molar-refractivity contribution in [3.05, 3.63) is 35.4 Å². The lowest BCUT2D eigenvalue weighted by atomic mass is 10.1. The quantitative estimate of drug-likeness (QED) is 0.843. The van der Waals surface area contributed by atoms with E-state index in [-0.39, 0.29) is 12.5 Å². The van der Waals surface area contributed by atoms with Crippen molar-refractivity contribution in [1.82, 2.24) is 4.90 Å². The van der Waals surface area contributed by atoms with Crippen LogP contribution in [0.1, 0.15) is 48.0 Å². The number of hydrogen-bond acceptors (Lipinski definition) is 2. The van der Waals surface area contributed by atoms with Gasteiger partial charge in [-0.1, -0.05) is 24.0 Å². The second kappa shape index (κ2) is 6.32. The van der Waals surface area contributed by atoms with Crippen LogP contribution in [-0.2, 0) is 0 Å². The number of hydrogen-bond donors (Lipinski definition) is 1. The SMILES string of the molecule is O=C(c1ccccc1C#CCCO)N(CC1CC1)C1CC1. The van der Waals surface area contributed by atoms with Gasteiger partial charge in [-0.05, 0) is 43.7 Å². The minimum absolute atomic E-state index is 0.0546. The predicted molar refractivity (Wildman–Crippen MR) is 81.8 cm³/mol. The summed E-state index contributed by atoms with van der Waals surface area (Å²) in [5.41, 5.74) is 1.48. The topological polar surface area (TPSA) is 40.5 Å². The molecular weight excluding hydrogens is 262 g/mol. The Labute approximate surface area is 126 Å². The highest BCUT2D eigenvalue weighted by atomic mass is 16.2. The third-order valence-corrected chi connectivity index (χ3v) is 4.02. The summed E-state index contributed by atoms with van der Waals surface area (Å²) < 4.78 is 0. The molecule has 1 aromatic rings. The van der Waals surface area contributed by atoms with Gasteiger partial charge in [0.1, 0.15) is 0 Å². The second-order valence-electron chi connectivity index (χ2n) is 5.95. The van der Waals surface area contributed by atoms with Crippen LogP contribution in [0.5, 0.6) is 0 Å². The normalized spacial score (nSPS) is 17.0. The van der Waals surface area contributed by atoms with Crippen LogP contribution in [0.25, 0.3) is 0 Å². The van der Waals surface area contributed by atoms with E-state index in [4.69, 9.17) is 5.11 Å². The molecular formula is C18H21NO2. The molecule has 3 rings (SSSR count). The van der Waals surface area contributed by atoms with Gasteiger partial charge < -0.3 is 10.0 Å². The summed E-state index contributed by atoms with van der Waals surface area (Å²) >= 11 is 0. The van der Waals surface area contributed by atoms with Crippen molar-refractivity contribution in [3.63, 3.8) is 0 Å². The Balaban J connectivity index is 1.80. The molecule has 0 aliphatic heterocycles. The predicted octanol–water partition coefficient (Wildman–Crippen LogP) is 2.44. The van der Waals surface area contributed by atoms with E-state index in [1.807, 2.05) is 24.3 Å². The molecule has 0 atom stereocenters. The van der Waals surface area contributed by atoms with Crippen LogP contribution in [0.15, 0.2) is 24.3 Å². The van der Waals surface area contributed by atoms with Gasteiger partial charge in [-0.2, -0.15) is 0 Å². The van der Waals surface area contributed by atoms with E-state index < -0.39 is 0 Å². The highest BCUT2D eigenvalue weighted by Gasteiger charge is 2.37. The molecule has 2 aliphatic carbocycles. The van der Waals surface area contributed by atoms with Gasteiger partial charge in [-0.15, -0.1) is 0 Å². The average Bonchev–Trinajstić information content (AvgIpc) is 3.38. The lowest BCUT2D eigenvalue weighted by Crippen LogP contribution is -2.35. The number of amides is 1. The lowest BCUT2D eigenvalue weighted by Gasteiger charge is -2.23. The van der Waals surface area contributed by atoms with E-state index in [0.29, 0.717) is 23.9 Å². The number of aliphatic hydroxyl groups is 1. The zero-order chi connectivity index (χ0) is 14.7. The molecule has 21 heavy (non-hydrogen) atoms. The van der Waals surface area contributed by atoms with Crippen molar-refractivity contribution in [1.29, 1.82) is 0 Å². The number of carbonyl (C=O) groups excluding carboxylic acids is 1. The van der Waals surface area contributed by atoms with Crippen LogP contribution in [0.2, 0.25) is 0 Å². The van der Waals surface area contributed by atoms with Crippen LogP contribution >= 0.6 is 0 Å². The fourth-order valence-electron chi connectivity index (χ4n) is 2.51. The van der Waals surface area contributed by atoms with Crippen LogP contribution in [0, 0.1) is 17.8 Å². The first-order valence-corrected chi connectivity index (χ1v) is 7.79. The summed E-state index contributed by atoms with van der Waals surface area (Å²) in [6.45, 7) is 0.959. The molecule has 2 saturated carbocycles. The van der Waals surface area contributed by atoms with Crippen molar-refractivity contribution in [2.45, 2.75) is 38.1 Å². The second-order valence-corrected chi connectivity index (χ2v) is 5.95. The standard InChI is InChI=1S/C18H21NO2/c20-12-4-3-6-15-5-1-2-7-17(15)18(21)19(16-10-11-16)13-14-8-9-14/h1-2,5,7,14,16,20H,4,8-13H2. The molecule has 2 fully saturated rings. The lowest BCUT2D eigenvalue weighted by molar-refractivity contribution is 0.0734. The van der Waals surface area contributed by atoms with Crippen LogP contribution < -0.4 is 0 Å². The van der Waals surface area contributed by atoms with Gasteiger partial charge in [0.15, 0.2) is 0 Å². The van der Waals surface area contributed by atoms with Crippen molar-refractivity contribution < 1.29 is 9.90 Å². The van der Waals surface area contributed by atoms with Crippen LogP contribution in [-0.4, -0.2) is 35.1 Å². The maximum Gasteiger partial charge on any atom is 0.255 e. The zero-order valence-electron chi connectivity index (χ0n) is 12.2. The Morgan fingerprint density at radius 1 is 1.24 bits per heavy atom. The van der Waals surface area contributed by atoms with E-state index in [1.54, 1.807) is 0 Å². The molecule has 2 aliphatic rings. The Kier molecular flexibility index (Phi) is 4.26. The summed E-state index contributed by atoms with van der Waals surface area (Å²) in [4.78, 5) is 14.9. The van der Waals surface area contributed by atoms with Gasteiger partial charge >= 0.3 is 0 Å². The number of carbonyl (C=O) groups is 1. The maximum atomic E-state index is 12.9. The van der Waals surface area contributed by atoms with E-state index in [1.165, 1.54) is 12.8 Å². The van der Waals surface area contributed by atoms with Gasteiger partial charge in [0, 0.05) is 24.6 Å². The maximum absolute atomic E-state index is 12.9. The minimum Gasteiger partial charge on any atom is -0.395 e. The van der Waals surface area contributed by atoms with Gasteiger partial charge in [-0.25, -0.2) is 0 Å². The third kappa shape index (κ3) is 3.65. The zero-order valence-corrected chi connectivity index (χ0v) is 12.2. The molecule has 1 N–H and O–H groups in total. The molecule has 3 nitrogen and oxygen atoms in total. The monoisotopic (exact) mass is 283 g/mol. The summed E-state index contributed by atoms with van der Waals surface area (Å²) in [6, 6.07) is 8.00. The molecule has 0 spiro atoms. The van der Waals surface area contributed by atoms with E-state index in [2.05, 4.69) is 16.7 Å². The van der Waals surface area contributed by atoms with E-state index in [0.717, 1.165) is 24.9 Å². The molecule has 1 amide bonds. The molecule has 3 heteroatoms. The number of nitrogens with zero attached hydrogens (tertiary/aromatic N) is 1. The number of benzene rings is 1. The fraction of sp³-hybridized carbons (Fsp3) is 0.500. The fourth-order valence-corrected chi connectivity index (χ4v) is 2.51. The first kappa shape index (κ1) is 14.2. The Hall–Kier alpha value is -1.79. The smallest absolute Gasteiger partial charge is 0.255 e. The van der Waals surface area contributed by atoms with E-state index >= 15 is 0 Å². The Morgan fingerprint density at radius 2 is 2.00 bits per heavy atom. The highest BCUT2D eigenvalue weighted by Crippen LogP contribution is 2.35. The molecule has 0 heterocycles. The Morgan fingerprint density at radius 3 is 2.67 bits per heavy atom. The summed E-state index contributed by atoms with van der Waals surface area (Å²) in [5.74, 6) is 6.77. The minimum atomic E-state index is 0.0546. The number of rotatable bonds is 5. The van der Waals surface area contributed by atoms with Gasteiger partial charge in [0.2, 0.25) is 0 Å². The van der Waals surface area contributed by atoms with Crippen molar-refractivity contribution >= 4 is 5.91 Å².